The average Bonchev–Trinajstić information content (AvgIpc) is 2.86. The van der Waals surface area contributed by atoms with Crippen LogP contribution < -0.4 is 16.0 Å². The zero-order chi connectivity index (χ0) is 16.3. The van der Waals surface area contributed by atoms with Gasteiger partial charge in [-0.3, -0.25) is 10.2 Å². The lowest BCUT2D eigenvalue weighted by Crippen LogP contribution is -2.29. The number of benzene rings is 1. The molecule has 2 aromatic rings. The lowest BCUT2D eigenvalue weighted by Gasteiger charge is -2.08. The van der Waals surface area contributed by atoms with Crippen molar-refractivity contribution in [3.05, 3.63) is 47.3 Å². The fraction of sp³-hybridized carbons (Fsp3) is 0.231. The summed E-state index contributed by atoms with van der Waals surface area (Å²) >= 11 is 0. The molecule has 22 heavy (non-hydrogen) atoms. The Bertz CT molecular complexity index is 665. The number of halogens is 3. The molecule has 0 fully saturated rings. The molecule has 2 rings (SSSR count). The molecule has 3 N–H and O–H groups in total. The highest BCUT2D eigenvalue weighted by Crippen LogP contribution is 2.28. The Labute approximate surface area is 123 Å². The molecule has 0 saturated heterocycles. The van der Waals surface area contributed by atoms with Gasteiger partial charge < -0.3 is 4.74 Å². The van der Waals surface area contributed by atoms with Crippen LogP contribution in [0.5, 0.6) is 5.75 Å². The normalized spacial score (nSPS) is 11.3. The van der Waals surface area contributed by atoms with Gasteiger partial charge in [0, 0.05) is 11.3 Å². The number of ether oxygens (including phenoxy) is 1. The van der Waals surface area contributed by atoms with E-state index in [0.717, 1.165) is 10.7 Å². The average molecular weight is 314 g/mol. The predicted octanol–water partition coefficient (Wildman–Crippen LogP) is 1.85. The topological polar surface area (TPSA) is 82.2 Å². The maximum Gasteiger partial charge on any atom is 0.435 e. The fourth-order valence-corrected chi connectivity index (χ4v) is 1.70. The molecule has 1 aromatic carbocycles. The van der Waals surface area contributed by atoms with Crippen LogP contribution in [-0.4, -0.2) is 15.7 Å². The molecular weight excluding hydrogens is 301 g/mol. The molecule has 118 valence electrons. The Morgan fingerprint density at radius 3 is 2.50 bits per heavy atom. The third-order valence-electron chi connectivity index (χ3n) is 2.87. The first-order chi connectivity index (χ1) is 10.3. The molecule has 0 spiro atoms. The summed E-state index contributed by atoms with van der Waals surface area (Å²) in [6, 6.07) is 6.92. The SMILES string of the molecule is Cc1cc(C(F)(F)F)nn1COc1ccc(C(=O)NN)cc1. The zero-order valence-electron chi connectivity index (χ0n) is 11.5. The van der Waals surface area contributed by atoms with Crippen LogP contribution in [0, 0.1) is 6.92 Å². The van der Waals surface area contributed by atoms with Gasteiger partial charge in [0.15, 0.2) is 12.4 Å². The Balaban J connectivity index is 2.04. The van der Waals surface area contributed by atoms with Crippen LogP contribution in [-0.2, 0) is 12.9 Å². The predicted molar refractivity (Wildman–Crippen MR) is 70.7 cm³/mol. The fourth-order valence-electron chi connectivity index (χ4n) is 1.70. The highest BCUT2D eigenvalue weighted by molar-refractivity contribution is 5.93. The second kappa shape index (κ2) is 6.06. The number of carbonyl (C=O) groups excluding carboxylic acids is 1. The van der Waals surface area contributed by atoms with Gasteiger partial charge in [-0.2, -0.15) is 18.3 Å². The largest absolute Gasteiger partial charge is 0.471 e. The number of rotatable bonds is 4. The number of hydrogen-bond donors (Lipinski definition) is 2. The Hall–Kier alpha value is -2.55. The third kappa shape index (κ3) is 3.55. The second-order valence-electron chi connectivity index (χ2n) is 4.44. The molecule has 1 heterocycles. The van der Waals surface area contributed by atoms with Crippen LogP contribution in [0.4, 0.5) is 13.2 Å². The van der Waals surface area contributed by atoms with Crippen molar-refractivity contribution in [3.63, 3.8) is 0 Å². The maximum absolute atomic E-state index is 12.5. The van der Waals surface area contributed by atoms with Crippen molar-refractivity contribution in [1.82, 2.24) is 15.2 Å². The molecule has 0 aliphatic carbocycles. The number of aromatic nitrogens is 2. The summed E-state index contributed by atoms with van der Waals surface area (Å²) in [5.74, 6) is 4.93. The molecule has 1 aromatic heterocycles. The van der Waals surface area contributed by atoms with Crippen molar-refractivity contribution >= 4 is 5.91 Å². The first kappa shape index (κ1) is 15.8. The summed E-state index contributed by atoms with van der Waals surface area (Å²) in [4.78, 5) is 11.2. The molecule has 6 nitrogen and oxygen atoms in total. The minimum absolute atomic E-state index is 0.176. The summed E-state index contributed by atoms with van der Waals surface area (Å²) < 4.78 is 44.0. The van der Waals surface area contributed by atoms with E-state index in [9.17, 15) is 18.0 Å². The third-order valence-corrected chi connectivity index (χ3v) is 2.87. The molecule has 0 bridgehead atoms. The molecule has 0 unspecified atom stereocenters. The van der Waals surface area contributed by atoms with Gasteiger partial charge in [-0.25, -0.2) is 10.5 Å². The van der Waals surface area contributed by atoms with Crippen molar-refractivity contribution in [2.24, 2.45) is 5.84 Å². The highest BCUT2D eigenvalue weighted by atomic mass is 19.4. The number of nitrogens with two attached hydrogens (primary N) is 1. The number of carbonyl (C=O) groups is 1. The quantitative estimate of drug-likeness (QED) is 0.512. The van der Waals surface area contributed by atoms with E-state index in [4.69, 9.17) is 10.6 Å². The minimum Gasteiger partial charge on any atom is -0.471 e. The number of nitrogens with zero attached hydrogens (tertiary/aromatic N) is 2. The van der Waals surface area contributed by atoms with Crippen molar-refractivity contribution < 1.29 is 22.7 Å². The van der Waals surface area contributed by atoms with Gasteiger partial charge in [0.05, 0.1) is 0 Å². The molecular formula is C13H13F3N4O2. The van der Waals surface area contributed by atoms with E-state index in [1.54, 1.807) is 0 Å². The lowest BCUT2D eigenvalue weighted by molar-refractivity contribution is -0.141. The van der Waals surface area contributed by atoms with Crippen LogP contribution >= 0.6 is 0 Å². The summed E-state index contributed by atoms with van der Waals surface area (Å²) in [6.45, 7) is 1.32. The monoisotopic (exact) mass is 314 g/mol. The maximum atomic E-state index is 12.5. The van der Waals surface area contributed by atoms with Crippen LogP contribution in [0.1, 0.15) is 21.7 Å². The Kier molecular flexibility index (Phi) is 4.36. The van der Waals surface area contributed by atoms with E-state index < -0.39 is 17.8 Å². The van der Waals surface area contributed by atoms with Crippen molar-refractivity contribution in [3.8, 4) is 5.75 Å². The number of nitrogen functional groups attached to an aromatic ring is 1. The lowest BCUT2D eigenvalue weighted by atomic mass is 10.2. The summed E-state index contributed by atoms with van der Waals surface area (Å²) in [6.07, 6.45) is -4.49. The molecule has 0 aliphatic heterocycles. The highest BCUT2D eigenvalue weighted by Gasteiger charge is 2.34. The Morgan fingerprint density at radius 1 is 1.36 bits per heavy atom. The molecule has 1 amide bonds. The van der Waals surface area contributed by atoms with Gasteiger partial charge >= 0.3 is 6.18 Å². The van der Waals surface area contributed by atoms with Gasteiger partial charge in [-0.1, -0.05) is 0 Å². The smallest absolute Gasteiger partial charge is 0.435 e. The second-order valence-corrected chi connectivity index (χ2v) is 4.44. The van der Waals surface area contributed by atoms with Crippen LogP contribution in [0.3, 0.4) is 0 Å². The Morgan fingerprint density at radius 2 is 2.00 bits per heavy atom. The van der Waals surface area contributed by atoms with E-state index in [-0.39, 0.29) is 6.73 Å². The molecule has 0 radical (unpaired) electrons. The van der Waals surface area contributed by atoms with Gasteiger partial charge in [0.25, 0.3) is 5.91 Å². The molecule has 0 atom stereocenters. The van der Waals surface area contributed by atoms with E-state index >= 15 is 0 Å². The van der Waals surface area contributed by atoms with Crippen molar-refractivity contribution in [2.45, 2.75) is 19.8 Å². The number of hydrogen-bond acceptors (Lipinski definition) is 4. The number of aryl methyl sites for hydroxylation is 1. The van der Waals surface area contributed by atoms with Gasteiger partial charge in [0.2, 0.25) is 0 Å². The van der Waals surface area contributed by atoms with Gasteiger partial charge in [0.1, 0.15) is 5.75 Å². The van der Waals surface area contributed by atoms with Crippen molar-refractivity contribution in [1.29, 1.82) is 0 Å². The summed E-state index contributed by atoms with van der Waals surface area (Å²) in [5, 5.41) is 3.44. The van der Waals surface area contributed by atoms with Crippen molar-refractivity contribution in [2.75, 3.05) is 0 Å². The molecule has 0 aliphatic rings. The number of hydrazine groups is 1. The minimum atomic E-state index is -4.49. The van der Waals surface area contributed by atoms with Crippen LogP contribution in [0.2, 0.25) is 0 Å². The van der Waals surface area contributed by atoms with Crippen LogP contribution in [0.15, 0.2) is 30.3 Å². The molecule has 9 heteroatoms. The van der Waals surface area contributed by atoms with Gasteiger partial charge in [-0.15, -0.1) is 0 Å². The van der Waals surface area contributed by atoms with Gasteiger partial charge in [-0.05, 0) is 37.3 Å². The van der Waals surface area contributed by atoms with E-state index in [1.165, 1.54) is 31.2 Å². The summed E-state index contributed by atoms with van der Waals surface area (Å²) in [7, 11) is 0. The standard InChI is InChI=1S/C13H13F3N4O2/c1-8-6-11(13(14,15)16)19-20(8)7-22-10-4-2-9(3-5-10)12(21)18-17/h2-6H,7,17H2,1H3,(H,18,21). The first-order valence-corrected chi connectivity index (χ1v) is 6.16. The summed E-state index contributed by atoms with van der Waals surface area (Å²) in [5.41, 5.74) is 1.68. The molecule has 0 saturated carbocycles. The number of alkyl halides is 3. The van der Waals surface area contributed by atoms with E-state index in [2.05, 4.69) is 5.10 Å². The number of nitrogens with one attached hydrogen (secondary N) is 1. The van der Waals surface area contributed by atoms with E-state index in [1.807, 2.05) is 5.43 Å². The van der Waals surface area contributed by atoms with E-state index in [0.29, 0.717) is 17.0 Å². The first-order valence-electron chi connectivity index (χ1n) is 6.16. The van der Waals surface area contributed by atoms with Crippen LogP contribution in [0.25, 0.3) is 0 Å². The zero-order valence-corrected chi connectivity index (χ0v) is 11.5. The number of amides is 1.